The molecule has 0 aliphatic carbocycles. The molecule has 7 heteroatoms. The lowest BCUT2D eigenvalue weighted by Gasteiger charge is -2.41. The summed E-state index contributed by atoms with van der Waals surface area (Å²) in [7, 11) is 31.6. The summed E-state index contributed by atoms with van der Waals surface area (Å²) >= 11 is 0. The lowest BCUT2D eigenvalue weighted by atomic mass is 9.23. The van der Waals surface area contributed by atoms with Crippen LogP contribution in [0.25, 0.3) is 93.9 Å². The Labute approximate surface area is 357 Å². The highest BCUT2D eigenvalue weighted by atomic mass is 15.1. The Balaban J connectivity index is 1.15. The van der Waals surface area contributed by atoms with Crippen molar-refractivity contribution in [2.24, 2.45) is 0 Å². The van der Waals surface area contributed by atoms with Crippen molar-refractivity contribution in [3.8, 4) is 61.3 Å². The Bertz CT molecular complexity index is 3110. The SMILES string of the molecule is [B]C([B])([B])C([B])([B])c1nc2ccccc2n1-c1cccc(-c2cccc(-c3c4ccccc4c(-c4cc(-c5ccccc5)cc(-c5ccccc5)c4)c4ccccc34)c2)c1. The second-order valence-corrected chi connectivity index (χ2v) is 15.6. The van der Waals surface area contributed by atoms with Crippen molar-refractivity contribution in [1.29, 1.82) is 0 Å². The molecule has 10 rings (SSSR count). The number of hydrogen-bond donors (Lipinski definition) is 0. The van der Waals surface area contributed by atoms with Crippen molar-refractivity contribution in [2.45, 2.75) is 10.3 Å². The molecule has 0 N–H and O–H groups in total. The van der Waals surface area contributed by atoms with E-state index in [0.717, 1.165) is 27.9 Å². The zero-order valence-corrected chi connectivity index (χ0v) is 32.8. The molecule has 0 unspecified atom stereocenters. The van der Waals surface area contributed by atoms with E-state index in [0.29, 0.717) is 5.52 Å². The van der Waals surface area contributed by atoms with E-state index in [4.69, 9.17) is 44.2 Å². The maximum Gasteiger partial charge on any atom is 0.101 e. The predicted molar refractivity (Wildman–Crippen MR) is 256 cm³/mol. The number of aromatic nitrogens is 2. The Morgan fingerprint density at radius 1 is 0.350 bits per heavy atom. The molecule has 1 heterocycles. The Kier molecular flexibility index (Phi) is 9.29. The monoisotopic (exact) mass is 752 g/mol. The molecule has 1 aromatic heterocycles. The van der Waals surface area contributed by atoms with Crippen molar-refractivity contribution in [3.63, 3.8) is 0 Å². The summed E-state index contributed by atoms with van der Waals surface area (Å²) in [5.41, 5.74) is 13.7. The fraction of sp³-hybridized carbons (Fsp3) is 0.0377. The highest BCUT2D eigenvalue weighted by molar-refractivity contribution is 6.67. The van der Waals surface area contributed by atoms with Crippen LogP contribution in [0.1, 0.15) is 5.82 Å². The molecule has 9 aromatic carbocycles. The number of fused-ring (bicyclic) bond motifs is 3. The summed E-state index contributed by atoms with van der Waals surface area (Å²) in [6.07, 6.45) is 0. The van der Waals surface area contributed by atoms with Gasteiger partial charge in [-0.05, 0) is 126 Å². The minimum absolute atomic E-state index is 0.255. The summed E-state index contributed by atoms with van der Waals surface area (Å²) in [5.74, 6) is 0.255. The van der Waals surface area contributed by atoms with E-state index in [1.165, 1.54) is 60.5 Å². The van der Waals surface area contributed by atoms with Crippen LogP contribution in [0.2, 0.25) is 5.11 Å². The third-order valence-corrected chi connectivity index (χ3v) is 11.6. The van der Waals surface area contributed by atoms with Crippen LogP contribution in [0.15, 0.2) is 200 Å². The second-order valence-electron chi connectivity index (χ2n) is 15.6. The van der Waals surface area contributed by atoms with Crippen LogP contribution in [-0.4, -0.2) is 48.8 Å². The molecule has 0 spiro atoms. The van der Waals surface area contributed by atoms with Crippen LogP contribution in [0, 0.1) is 0 Å². The highest BCUT2D eigenvalue weighted by Crippen LogP contribution is 2.46. The van der Waals surface area contributed by atoms with Crippen molar-refractivity contribution >= 4 is 71.8 Å². The minimum Gasteiger partial charge on any atom is -0.297 e. The normalized spacial score (nSPS) is 12.0. The number of para-hydroxylation sites is 2. The van der Waals surface area contributed by atoms with Gasteiger partial charge in [0.2, 0.25) is 0 Å². The average molecular weight is 752 g/mol. The highest BCUT2D eigenvalue weighted by Gasteiger charge is 2.36. The van der Waals surface area contributed by atoms with E-state index in [1.54, 1.807) is 0 Å². The molecule has 60 heavy (non-hydrogen) atoms. The van der Waals surface area contributed by atoms with E-state index in [1.807, 2.05) is 41.0 Å². The molecule has 270 valence electrons. The van der Waals surface area contributed by atoms with E-state index >= 15 is 0 Å². The van der Waals surface area contributed by atoms with E-state index in [2.05, 4.69) is 164 Å². The largest absolute Gasteiger partial charge is 0.297 e. The Morgan fingerprint density at radius 3 is 1.33 bits per heavy atom. The Morgan fingerprint density at radius 2 is 0.767 bits per heavy atom. The molecule has 0 bridgehead atoms. The van der Waals surface area contributed by atoms with Crippen LogP contribution >= 0.6 is 0 Å². The van der Waals surface area contributed by atoms with Gasteiger partial charge in [0.05, 0.1) is 50.3 Å². The van der Waals surface area contributed by atoms with Crippen LogP contribution in [-0.2, 0) is 5.21 Å². The topological polar surface area (TPSA) is 17.8 Å². The number of nitrogens with zero attached hydrogens (tertiary/aromatic N) is 2. The fourth-order valence-electron chi connectivity index (χ4n) is 8.55. The quantitative estimate of drug-likeness (QED) is 0.112. The van der Waals surface area contributed by atoms with Crippen molar-refractivity contribution in [3.05, 3.63) is 206 Å². The average Bonchev–Trinajstić information content (AvgIpc) is 3.69. The van der Waals surface area contributed by atoms with Crippen molar-refractivity contribution in [2.75, 3.05) is 0 Å². The summed E-state index contributed by atoms with van der Waals surface area (Å²) in [5, 5.41) is 0.912. The van der Waals surface area contributed by atoms with Gasteiger partial charge in [-0.25, -0.2) is 4.98 Å². The first-order valence-corrected chi connectivity index (χ1v) is 20.0. The van der Waals surface area contributed by atoms with Gasteiger partial charge >= 0.3 is 0 Å². The zero-order chi connectivity index (χ0) is 41.0. The summed E-state index contributed by atoms with van der Waals surface area (Å²) < 4.78 is 1.89. The molecule has 0 fully saturated rings. The summed E-state index contributed by atoms with van der Waals surface area (Å²) in [6, 6.07) is 70.4. The second kappa shape index (κ2) is 14.8. The summed E-state index contributed by atoms with van der Waals surface area (Å²) in [6.45, 7) is 0. The van der Waals surface area contributed by atoms with Crippen LogP contribution in [0.4, 0.5) is 0 Å². The van der Waals surface area contributed by atoms with Gasteiger partial charge in [-0.2, -0.15) is 0 Å². The molecule has 10 radical (unpaired) electrons. The first-order valence-electron chi connectivity index (χ1n) is 20.0. The number of hydrogen-bond acceptors (Lipinski definition) is 1. The van der Waals surface area contributed by atoms with Gasteiger partial charge in [0, 0.05) is 5.69 Å². The van der Waals surface area contributed by atoms with Crippen LogP contribution in [0.3, 0.4) is 0 Å². The van der Waals surface area contributed by atoms with E-state index in [-0.39, 0.29) is 5.82 Å². The molecule has 2 nitrogen and oxygen atoms in total. The van der Waals surface area contributed by atoms with Gasteiger partial charge in [-0.15, -0.1) is 5.11 Å². The molecule has 0 saturated carbocycles. The maximum absolute atomic E-state index is 6.58. The fourth-order valence-corrected chi connectivity index (χ4v) is 8.55. The molecule has 0 aliphatic heterocycles. The molecule has 0 atom stereocenters. The third-order valence-electron chi connectivity index (χ3n) is 11.6. The number of rotatable bonds is 8. The van der Waals surface area contributed by atoms with Gasteiger partial charge in [-0.3, -0.25) is 4.57 Å². The lowest BCUT2D eigenvalue weighted by molar-refractivity contribution is 0.757. The molecule has 0 saturated heterocycles. The van der Waals surface area contributed by atoms with Gasteiger partial charge in [0.25, 0.3) is 0 Å². The smallest absolute Gasteiger partial charge is 0.101 e. The molecule has 0 aliphatic rings. The molecular formula is C53H33B5N2. The first-order chi connectivity index (χ1) is 29.2. The van der Waals surface area contributed by atoms with Crippen LogP contribution in [0.5, 0.6) is 0 Å². The predicted octanol–water partition coefficient (Wildman–Crippen LogP) is 11.7. The van der Waals surface area contributed by atoms with Gasteiger partial charge < -0.3 is 0 Å². The third kappa shape index (κ3) is 6.50. The van der Waals surface area contributed by atoms with Crippen LogP contribution < -0.4 is 0 Å². The molecule has 0 amide bonds. The van der Waals surface area contributed by atoms with E-state index in [9.17, 15) is 0 Å². The minimum atomic E-state index is -1.95. The molecule has 10 aromatic rings. The van der Waals surface area contributed by atoms with E-state index < -0.39 is 10.3 Å². The lowest BCUT2D eigenvalue weighted by Crippen LogP contribution is -2.45. The zero-order valence-electron chi connectivity index (χ0n) is 32.8. The van der Waals surface area contributed by atoms with Crippen molar-refractivity contribution in [1.82, 2.24) is 9.55 Å². The standard InChI is InChI=1S/C53H33B5N2/c54-52(55,53(56,57)58)51-59-47-27-11-12-28-48(47)60(51)42-22-14-20-37(33-42)36-19-13-21-38(29-36)49-43-23-7-9-25-45(43)50(46-26-10-8-24-44(46)49)41-31-39(34-15-3-1-4-16-34)30-40(32-41)35-17-5-2-6-18-35/h1-33H. The summed E-state index contributed by atoms with van der Waals surface area (Å²) in [4.78, 5) is 4.78. The van der Waals surface area contributed by atoms with Crippen molar-refractivity contribution < 1.29 is 0 Å². The van der Waals surface area contributed by atoms with Gasteiger partial charge in [-0.1, -0.05) is 157 Å². The van der Waals surface area contributed by atoms with Gasteiger partial charge in [0.15, 0.2) is 0 Å². The van der Waals surface area contributed by atoms with Gasteiger partial charge in [0.1, 0.15) is 5.82 Å². The number of benzene rings is 9. The Hall–Kier alpha value is -6.71. The number of imidazole rings is 1. The molecular weight excluding hydrogens is 719 g/mol. The first kappa shape index (κ1) is 37.6. The maximum atomic E-state index is 6.58.